The van der Waals surface area contributed by atoms with Crippen LogP contribution in [-0.2, 0) is 9.59 Å². The largest absolute Gasteiger partial charge is 0.390 e. The second-order valence-corrected chi connectivity index (χ2v) is 8.67. The van der Waals surface area contributed by atoms with Crippen molar-refractivity contribution in [1.82, 2.24) is 9.80 Å². The molecule has 0 unspecified atom stereocenters. The van der Waals surface area contributed by atoms with Gasteiger partial charge >= 0.3 is 6.18 Å². The second-order valence-electron chi connectivity index (χ2n) is 7.83. The normalized spacial score (nSPS) is 15.6. The van der Waals surface area contributed by atoms with Crippen molar-refractivity contribution in [3.05, 3.63) is 81.4 Å². The van der Waals surface area contributed by atoms with E-state index >= 15 is 0 Å². The zero-order valence-electron chi connectivity index (χ0n) is 18.7. The summed E-state index contributed by atoms with van der Waals surface area (Å²) in [7, 11) is 2.84. The van der Waals surface area contributed by atoms with Gasteiger partial charge in [-0.2, -0.15) is 13.2 Å². The van der Waals surface area contributed by atoms with E-state index in [-0.39, 0.29) is 16.8 Å². The van der Waals surface area contributed by atoms with Crippen molar-refractivity contribution in [2.45, 2.75) is 12.6 Å². The number of amidine groups is 1. The van der Waals surface area contributed by atoms with E-state index in [0.29, 0.717) is 26.2 Å². The summed E-state index contributed by atoms with van der Waals surface area (Å²) in [6.45, 7) is -0.817. The summed E-state index contributed by atoms with van der Waals surface area (Å²) in [6, 6.07) is 13.2. The second kappa shape index (κ2) is 10.5. The molecule has 0 atom stereocenters. The Kier molecular flexibility index (Phi) is 7.92. The molecule has 3 rings (SSSR count). The van der Waals surface area contributed by atoms with Crippen LogP contribution in [0.15, 0.2) is 65.8 Å². The van der Waals surface area contributed by atoms with Gasteiger partial charge in [0.05, 0.1) is 22.8 Å². The van der Waals surface area contributed by atoms with Crippen LogP contribution >= 0.6 is 23.2 Å². The first-order valence-corrected chi connectivity index (χ1v) is 11.1. The van der Waals surface area contributed by atoms with Gasteiger partial charge < -0.3 is 10.2 Å². The predicted molar refractivity (Wildman–Crippen MR) is 130 cm³/mol. The van der Waals surface area contributed by atoms with Crippen molar-refractivity contribution >= 4 is 52.2 Å². The van der Waals surface area contributed by atoms with E-state index in [1.807, 2.05) is 0 Å². The van der Waals surface area contributed by atoms with E-state index in [4.69, 9.17) is 28.6 Å². The molecule has 0 spiro atoms. The van der Waals surface area contributed by atoms with Crippen LogP contribution in [0.3, 0.4) is 0 Å². The molecule has 1 aliphatic rings. The van der Waals surface area contributed by atoms with Gasteiger partial charge in [-0.15, -0.1) is 0 Å². The maximum Gasteiger partial charge on any atom is 0.390 e. The van der Waals surface area contributed by atoms with E-state index in [9.17, 15) is 22.8 Å². The first-order valence-electron chi connectivity index (χ1n) is 10.3. The molecular formula is C24H21Cl2F3N4O2. The van der Waals surface area contributed by atoms with Crippen molar-refractivity contribution in [1.29, 1.82) is 5.41 Å². The Bertz CT molecular complexity index is 1220. The number of nitrogens with zero attached hydrogens (tertiary/aromatic N) is 2. The number of benzene rings is 2. The van der Waals surface area contributed by atoms with Gasteiger partial charge in [-0.05, 0) is 35.9 Å². The molecule has 1 aliphatic heterocycles. The summed E-state index contributed by atoms with van der Waals surface area (Å²) in [5.74, 6) is -2.17. The predicted octanol–water partition coefficient (Wildman–Crippen LogP) is 5.60. The summed E-state index contributed by atoms with van der Waals surface area (Å²) >= 11 is 12.3. The number of nitrogens with one attached hydrogen (secondary N) is 2. The first kappa shape index (κ1) is 26.3. The summed E-state index contributed by atoms with van der Waals surface area (Å²) in [5.41, 5.74) is 0.891. The number of carbonyl (C=O) groups is 2. The van der Waals surface area contributed by atoms with Gasteiger partial charge in [0.2, 0.25) is 0 Å². The smallest absolute Gasteiger partial charge is 0.353 e. The SMILES string of the molecule is CN(C)C(=O)C1=C/C(=C(/Nc2ccccc2Cl)c2ccc(Cl)cc2)C(=N)N(CCC(F)(F)F)C1=O. The lowest BCUT2D eigenvalue weighted by Crippen LogP contribution is -2.46. The maximum atomic E-state index is 13.0. The highest BCUT2D eigenvalue weighted by molar-refractivity contribution is 6.34. The van der Waals surface area contributed by atoms with Crippen LogP contribution in [0.1, 0.15) is 12.0 Å². The Morgan fingerprint density at radius 2 is 1.71 bits per heavy atom. The Hall–Kier alpha value is -3.30. The number of rotatable bonds is 6. The Labute approximate surface area is 210 Å². The fourth-order valence-electron chi connectivity index (χ4n) is 3.31. The van der Waals surface area contributed by atoms with Crippen LogP contribution in [0.5, 0.6) is 0 Å². The number of amides is 2. The van der Waals surface area contributed by atoms with E-state index in [2.05, 4.69) is 5.32 Å². The number of para-hydroxylation sites is 1. The zero-order valence-corrected chi connectivity index (χ0v) is 20.2. The Morgan fingerprint density at radius 1 is 1.09 bits per heavy atom. The van der Waals surface area contributed by atoms with Crippen LogP contribution in [0.25, 0.3) is 5.70 Å². The maximum absolute atomic E-state index is 13.0. The molecule has 0 saturated heterocycles. The van der Waals surface area contributed by atoms with Gasteiger partial charge in [0.15, 0.2) is 0 Å². The molecule has 0 saturated carbocycles. The number of carbonyl (C=O) groups excluding carboxylic acids is 2. The van der Waals surface area contributed by atoms with Gasteiger partial charge in [-0.1, -0.05) is 47.5 Å². The summed E-state index contributed by atoms with van der Waals surface area (Å²) in [6.07, 6.45) is -4.69. The van der Waals surface area contributed by atoms with Crippen LogP contribution in [0.4, 0.5) is 18.9 Å². The van der Waals surface area contributed by atoms with Crippen molar-refractivity contribution in [3.63, 3.8) is 0 Å². The number of hydrogen-bond donors (Lipinski definition) is 2. The Morgan fingerprint density at radius 3 is 2.29 bits per heavy atom. The van der Waals surface area contributed by atoms with Crippen LogP contribution in [0.2, 0.25) is 10.0 Å². The number of anilines is 1. The summed E-state index contributed by atoms with van der Waals surface area (Å²) in [5, 5.41) is 12.5. The third kappa shape index (κ3) is 6.23. The molecule has 1 heterocycles. The van der Waals surface area contributed by atoms with E-state index < -0.39 is 36.8 Å². The monoisotopic (exact) mass is 524 g/mol. The number of hydrogen-bond acceptors (Lipinski definition) is 4. The highest BCUT2D eigenvalue weighted by atomic mass is 35.5. The molecule has 2 amide bonds. The minimum absolute atomic E-state index is 0.0409. The Balaban J connectivity index is 2.25. The van der Waals surface area contributed by atoms with Gasteiger partial charge in [-0.3, -0.25) is 19.9 Å². The average Bonchev–Trinajstić information content (AvgIpc) is 2.78. The molecule has 2 aromatic carbocycles. The van der Waals surface area contributed by atoms with Crippen LogP contribution in [0, 0.1) is 5.41 Å². The standard InChI is InChI=1S/C24H21Cl2F3N4O2/c1-32(2)22(34)17-13-16(21(30)33(23(17)35)12-11-24(27,28)29)20(14-7-9-15(25)10-8-14)31-19-6-4-3-5-18(19)26/h3-10,13,30-31H,11-12H2,1-2H3/b20-16-,30-21?. The molecule has 0 aromatic heterocycles. The van der Waals surface area contributed by atoms with Crippen molar-refractivity contribution in [2.24, 2.45) is 0 Å². The summed E-state index contributed by atoms with van der Waals surface area (Å²) < 4.78 is 39.0. The molecule has 0 fully saturated rings. The highest BCUT2D eigenvalue weighted by Crippen LogP contribution is 2.32. The van der Waals surface area contributed by atoms with Gasteiger partial charge in [0.1, 0.15) is 11.4 Å². The van der Waals surface area contributed by atoms with E-state index in [0.717, 1.165) is 4.90 Å². The lowest BCUT2D eigenvalue weighted by molar-refractivity contribution is -0.140. The molecule has 2 N–H and O–H groups in total. The fourth-order valence-corrected chi connectivity index (χ4v) is 3.62. The molecule has 2 aromatic rings. The van der Waals surface area contributed by atoms with Crippen LogP contribution in [-0.4, -0.2) is 54.3 Å². The molecule has 184 valence electrons. The first-order chi connectivity index (χ1) is 16.4. The topological polar surface area (TPSA) is 76.5 Å². The van der Waals surface area contributed by atoms with E-state index in [1.54, 1.807) is 48.5 Å². The van der Waals surface area contributed by atoms with Gasteiger partial charge in [-0.25, -0.2) is 0 Å². The lowest BCUT2D eigenvalue weighted by atomic mass is 9.96. The van der Waals surface area contributed by atoms with Crippen molar-refractivity contribution < 1.29 is 22.8 Å². The molecular weight excluding hydrogens is 504 g/mol. The quantitative estimate of drug-likeness (QED) is 0.482. The third-order valence-corrected chi connectivity index (χ3v) is 5.66. The molecule has 0 bridgehead atoms. The van der Waals surface area contributed by atoms with Gasteiger partial charge in [0.25, 0.3) is 11.8 Å². The highest BCUT2D eigenvalue weighted by Gasteiger charge is 2.37. The van der Waals surface area contributed by atoms with Crippen molar-refractivity contribution in [3.8, 4) is 0 Å². The number of halogens is 5. The number of likely N-dealkylation sites (N-methyl/N-ethyl adjacent to an activating group) is 1. The average molecular weight is 525 g/mol. The fraction of sp³-hybridized carbons (Fsp3) is 0.208. The minimum atomic E-state index is -4.56. The number of alkyl halides is 3. The third-order valence-electron chi connectivity index (χ3n) is 5.08. The molecule has 35 heavy (non-hydrogen) atoms. The molecule has 6 nitrogen and oxygen atoms in total. The zero-order chi connectivity index (χ0) is 25.9. The van der Waals surface area contributed by atoms with Crippen molar-refractivity contribution in [2.75, 3.05) is 26.0 Å². The minimum Gasteiger partial charge on any atom is -0.353 e. The van der Waals surface area contributed by atoms with Crippen LogP contribution < -0.4 is 5.32 Å². The molecule has 11 heteroatoms. The van der Waals surface area contributed by atoms with Gasteiger partial charge in [0, 0.05) is 31.2 Å². The summed E-state index contributed by atoms with van der Waals surface area (Å²) in [4.78, 5) is 27.5. The lowest BCUT2D eigenvalue weighted by Gasteiger charge is -2.31. The molecule has 0 aliphatic carbocycles. The van der Waals surface area contributed by atoms with E-state index in [1.165, 1.54) is 20.2 Å². The molecule has 0 radical (unpaired) electrons.